The Morgan fingerprint density at radius 3 is 1.86 bits per heavy atom. The maximum atomic E-state index is 12.6. The second-order valence-corrected chi connectivity index (χ2v) is 4.64. The lowest BCUT2D eigenvalue weighted by atomic mass is 10.2. The third-order valence-electron chi connectivity index (χ3n) is 2.55. The first-order valence-electron chi connectivity index (χ1n) is 6.01. The van der Waals surface area contributed by atoms with E-state index in [1.54, 1.807) is 0 Å². The first kappa shape index (κ1) is 18.5. The standard InChI is InChI=1S/C10H12ClF6N5/c1-3-5(10(15,16)17)19-8-21-6(11)20-7(22-8)18-4(2)9(12,13)14/h4-5H,3H2,1-2H3,(H2,18,19,20,21,22)/t4-,5+/m0/s1. The normalized spacial score (nSPS) is 15.3. The van der Waals surface area contributed by atoms with Crippen LogP contribution in [-0.4, -0.2) is 39.4 Å². The zero-order chi connectivity index (χ0) is 17.1. The molecule has 1 heterocycles. The van der Waals surface area contributed by atoms with Gasteiger partial charge < -0.3 is 10.6 Å². The first-order valence-corrected chi connectivity index (χ1v) is 6.39. The summed E-state index contributed by atoms with van der Waals surface area (Å²) in [4.78, 5) is 10.3. The number of anilines is 2. The topological polar surface area (TPSA) is 62.7 Å². The van der Waals surface area contributed by atoms with E-state index in [0.717, 1.165) is 6.92 Å². The lowest BCUT2D eigenvalue weighted by Gasteiger charge is -2.21. The maximum absolute atomic E-state index is 12.6. The van der Waals surface area contributed by atoms with E-state index in [1.807, 2.05) is 10.6 Å². The van der Waals surface area contributed by atoms with E-state index in [9.17, 15) is 26.3 Å². The second kappa shape index (κ2) is 6.71. The Morgan fingerprint density at radius 2 is 1.45 bits per heavy atom. The molecule has 126 valence electrons. The second-order valence-electron chi connectivity index (χ2n) is 4.31. The fourth-order valence-corrected chi connectivity index (χ4v) is 1.49. The highest BCUT2D eigenvalue weighted by Gasteiger charge is 2.39. The van der Waals surface area contributed by atoms with Crippen molar-refractivity contribution in [3.63, 3.8) is 0 Å². The Bertz CT molecular complexity index is 506. The minimum absolute atomic E-state index is 0.325. The summed E-state index contributed by atoms with van der Waals surface area (Å²) < 4.78 is 75.2. The van der Waals surface area contributed by atoms with Crippen LogP contribution in [0.3, 0.4) is 0 Å². The Balaban J connectivity index is 2.95. The number of hydrogen-bond donors (Lipinski definition) is 2. The summed E-state index contributed by atoms with van der Waals surface area (Å²) in [5, 5.41) is 3.33. The van der Waals surface area contributed by atoms with Crippen LogP contribution in [0.5, 0.6) is 0 Å². The van der Waals surface area contributed by atoms with Crippen LogP contribution in [0.25, 0.3) is 0 Å². The van der Waals surface area contributed by atoms with Crippen molar-refractivity contribution in [1.29, 1.82) is 0 Å². The molecule has 22 heavy (non-hydrogen) atoms. The monoisotopic (exact) mass is 351 g/mol. The molecule has 0 spiro atoms. The lowest BCUT2D eigenvalue weighted by Crippen LogP contribution is -2.36. The summed E-state index contributed by atoms with van der Waals surface area (Å²) in [5.41, 5.74) is 0. The molecule has 0 aromatic carbocycles. The van der Waals surface area contributed by atoms with Gasteiger partial charge in [-0.05, 0) is 24.9 Å². The molecule has 0 amide bonds. The van der Waals surface area contributed by atoms with E-state index < -0.39 is 41.6 Å². The quantitative estimate of drug-likeness (QED) is 0.793. The van der Waals surface area contributed by atoms with Crippen LogP contribution in [0, 0.1) is 0 Å². The Hall–Kier alpha value is -1.52. The summed E-state index contributed by atoms with van der Waals surface area (Å²) in [7, 11) is 0. The fourth-order valence-electron chi connectivity index (χ4n) is 1.33. The molecule has 12 heteroatoms. The molecule has 0 aliphatic carbocycles. The average Bonchev–Trinajstić information content (AvgIpc) is 2.32. The van der Waals surface area contributed by atoms with Gasteiger partial charge in [0.1, 0.15) is 12.1 Å². The Kier molecular flexibility index (Phi) is 5.65. The zero-order valence-electron chi connectivity index (χ0n) is 11.3. The van der Waals surface area contributed by atoms with Gasteiger partial charge in [-0.1, -0.05) is 6.92 Å². The van der Waals surface area contributed by atoms with E-state index in [2.05, 4.69) is 15.0 Å². The molecule has 1 aromatic heterocycles. The molecule has 1 aromatic rings. The minimum Gasteiger partial charge on any atom is -0.343 e. The van der Waals surface area contributed by atoms with Crippen molar-refractivity contribution in [2.24, 2.45) is 0 Å². The van der Waals surface area contributed by atoms with E-state index in [1.165, 1.54) is 6.92 Å². The lowest BCUT2D eigenvalue weighted by molar-refractivity contribution is -0.143. The van der Waals surface area contributed by atoms with Crippen LogP contribution in [0.1, 0.15) is 20.3 Å². The van der Waals surface area contributed by atoms with Gasteiger partial charge in [-0.25, -0.2) is 0 Å². The van der Waals surface area contributed by atoms with Gasteiger partial charge in [0, 0.05) is 0 Å². The van der Waals surface area contributed by atoms with Crippen molar-refractivity contribution in [3.05, 3.63) is 5.28 Å². The molecule has 2 atom stereocenters. The van der Waals surface area contributed by atoms with Crippen molar-refractivity contribution in [2.45, 2.75) is 44.7 Å². The van der Waals surface area contributed by atoms with Gasteiger partial charge in [-0.15, -0.1) is 0 Å². The van der Waals surface area contributed by atoms with Crippen LogP contribution < -0.4 is 10.6 Å². The fraction of sp³-hybridized carbons (Fsp3) is 0.700. The summed E-state index contributed by atoms with van der Waals surface area (Å²) >= 11 is 5.48. The molecule has 5 nitrogen and oxygen atoms in total. The van der Waals surface area contributed by atoms with Crippen LogP contribution in [0.4, 0.5) is 38.2 Å². The van der Waals surface area contributed by atoms with Gasteiger partial charge >= 0.3 is 12.4 Å². The largest absolute Gasteiger partial charge is 0.408 e. The van der Waals surface area contributed by atoms with Gasteiger partial charge in [0.05, 0.1) is 0 Å². The van der Waals surface area contributed by atoms with Crippen molar-refractivity contribution >= 4 is 23.5 Å². The third kappa shape index (κ3) is 5.35. The number of hydrogen-bond acceptors (Lipinski definition) is 5. The molecule has 0 unspecified atom stereocenters. The number of rotatable bonds is 5. The van der Waals surface area contributed by atoms with Gasteiger partial charge in [0.15, 0.2) is 0 Å². The van der Waals surface area contributed by atoms with Gasteiger partial charge in [0.25, 0.3) is 0 Å². The summed E-state index contributed by atoms with van der Waals surface area (Å²) in [6.07, 6.45) is -9.47. The smallest absolute Gasteiger partial charge is 0.343 e. The molecule has 0 fully saturated rings. The number of alkyl halides is 6. The molecule has 0 saturated carbocycles. The first-order chi connectivity index (χ1) is 9.93. The Morgan fingerprint density at radius 1 is 0.955 bits per heavy atom. The van der Waals surface area contributed by atoms with Crippen molar-refractivity contribution in [2.75, 3.05) is 10.6 Å². The predicted molar refractivity (Wildman–Crippen MR) is 67.7 cm³/mol. The SMILES string of the molecule is CC[C@@H](Nc1nc(Cl)nc(N[C@@H](C)C(F)(F)F)n1)C(F)(F)F. The van der Waals surface area contributed by atoms with Crippen LogP contribution in [0.2, 0.25) is 5.28 Å². The van der Waals surface area contributed by atoms with Crippen molar-refractivity contribution < 1.29 is 26.3 Å². The number of halogens is 7. The summed E-state index contributed by atoms with van der Waals surface area (Å²) in [6.45, 7) is 2.08. The van der Waals surface area contributed by atoms with Crippen molar-refractivity contribution in [1.82, 2.24) is 15.0 Å². The van der Waals surface area contributed by atoms with Gasteiger partial charge in [-0.2, -0.15) is 41.3 Å². The van der Waals surface area contributed by atoms with Crippen LogP contribution in [-0.2, 0) is 0 Å². The van der Waals surface area contributed by atoms with Crippen molar-refractivity contribution in [3.8, 4) is 0 Å². The van der Waals surface area contributed by atoms with E-state index in [-0.39, 0.29) is 6.42 Å². The molecule has 0 aliphatic rings. The number of nitrogens with one attached hydrogen (secondary N) is 2. The van der Waals surface area contributed by atoms with E-state index in [0.29, 0.717) is 0 Å². The highest BCUT2D eigenvalue weighted by Crippen LogP contribution is 2.26. The molecular weight excluding hydrogens is 340 g/mol. The average molecular weight is 352 g/mol. The molecular formula is C10H12ClF6N5. The van der Waals surface area contributed by atoms with E-state index >= 15 is 0 Å². The molecule has 0 bridgehead atoms. The third-order valence-corrected chi connectivity index (χ3v) is 2.72. The van der Waals surface area contributed by atoms with Gasteiger partial charge in [-0.3, -0.25) is 0 Å². The van der Waals surface area contributed by atoms with Gasteiger partial charge in [0.2, 0.25) is 17.2 Å². The molecule has 1 rings (SSSR count). The minimum atomic E-state index is -4.58. The number of aromatic nitrogens is 3. The zero-order valence-corrected chi connectivity index (χ0v) is 12.1. The highest BCUT2D eigenvalue weighted by molar-refractivity contribution is 6.28. The Labute approximate surface area is 126 Å². The molecule has 0 radical (unpaired) electrons. The predicted octanol–water partition coefficient (Wildman–Crippen LogP) is 3.64. The highest BCUT2D eigenvalue weighted by atomic mass is 35.5. The molecule has 0 aliphatic heterocycles. The number of nitrogens with zero attached hydrogens (tertiary/aromatic N) is 3. The van der Waals surface area contributed by atoms with Crippen LogP contribution >= 0.6 is 11.6 Å². The summed E-state index contributed by atoms with van der Waals surface area (Å²) in [6, 6.07) is -3.97. The maximum Gasteiger partial charge on any atom is 0.408 e. The van der Waals surface area contributed by atoms with Crippen LogP contribution in [0.15, 0.2) is 0 Å². The molecule has 0 saturated heterocycles. The van der Waals surface area contributed by atoms with E-state index in [4.69, 9.17) is 11.6 Å². The molecule has 2 N–H and O–H groups in total. The summed E-state index contributed by atoms with van der Waals surface area (Å²) in [5.74, 6) is -1.15.